The Morgan fingerprint density at radius 1 is 1.22 bits per heavy atom. The number of rotatable bonds is 6. The Kier molecular flexibility index (Phi) is 6.31. The van der Waals surface area contributed by atoms with Crippen LogP contribution >= 0.6 is 0 Å². The standard InChI is InChI=1S/C22H23F4N5O/c23-12-22(25,26)13-31-7-5-14(6-8-31)20-17(24)9-15(10-28-20)29-21(32)30-19-11-27-18-4-2-1-3-16(18)19/h1-4,9-11,14,27H,5-8,12-13H2,(H2,29,30,32). The highest BCUT2D eigenvalue weighted by molar-refractivity contribution is 6.05. The van der Waals surface area contributed by atoms with Crippen LogP contribution in [0.5, 0.6) is 0 Å². The number of pyridine rings is 1. The Balaban J connectivity index is 1.35. The monoisotopic (exact) mass is 449 g/mol. The molecule has 10 heteroatoms. The number of amides is 2. The van der Waals surface area contributed by atoms with Gasteiger partial charge in [0.1, 0.15) is 5.82 Å². The molecule has 6 nitrogen and oxygen atoms in total. The van der Waals surface area contributed by atoms with E-state index in [1.54, 1.807) is 6.20 Å². The van der Waals surface area contributed by atoms with Crippen molar-refractivity contribution in [2.75, 3.05) is 36.9 Å². The topological polar surface area (TPSA) is 73.1 Å². The molecule has 0 atom stereocenters. The number of urea groups is 1. The molecular weight excluding hydrogens is 426 g/mol. The third-order valence-electron chi connectivity index (χ3n) is 5.59. The van der Waals surface area contributed by atoms with Gasteiger partial charge in [0.05, 0.1) is 29.8 Å². The SMILES string of the molecule is O=C(Nc1cnc(C2CCN(CC(F)(F)CF)CC2)c(F)c1)Nc1c[nH]c2ccccc12. The van der Waals surface area contributed by atoms with Gasteiger partial charge in [-0.05, 0) is 32.0 Å². The van der Waals surface area contributed by atoms with E-state index in [1.165, 1.54) is 17.2 Å². The summed E-state index contributed by atoms with van der Waals surface area (Å²) in [6.45, 7) is -1.70. The molecule has 1 aromatic carbocycles. The van der Waals surface area contributed by atoms with Crippen LogP contribution in [0.2, 0.25) is 0 Å². The summed E-state index contributed by atoms with van der Waals surface area (Å²) in [5.74, 6) is -4.15. The molecule has 0 aliphatic carbocycles. The number of anilines is 2. The van der Waals surface area contributed by atoms with Crippen LogP contribution < -0.4 is 10.6 Å². The fourth-order valence-electron chi connectivity index (χ4n) is 4.01. The van der Waals surface area contributed by atoms with Crippen molar-refractivity contribution in [3.63, 3.8) is 0 Å². The van der Waals surface area contributed by atoms with E-state index in [2.05, 4.69) is 20.6 Å². The quantitative estimate of drug-likeness (QED) is 0.457. The lowest BCUT2D eigenvalue weighted by atomic mass is 9.92. The number of nitrogens with zero attached hydrogens (tertiary/aromatic N) is 2. The molecule has 0 bridgehead atoms. The number of hydrogen-bond acceptors (Lipinski definition) is 3. The van der Waals surface area contributed by atoms with Crippen molar-refractivity contribution >= 4 is 28.3 Å². The van der Waals surface area contributed by atoms with Crippen molar-refractivity contribution < 1.29 is 22.4 Å². The van der Waals surface area contributed by atoms with Crippen LogP contribution in [0.15, 0.2) is 42.7 Å². The summed E-state index contributed by atoms with van der Waals surface area (Å²) in [4.78, 5) is 21.0. The van der Waals surface area contributed by atoms with Gasteiger partial charge >= 0.3 is 6.03 Å². The molecule has 0 saturated carbocycles. The first-order valence-corrected chi connectivity index (χ1v) is 10.3. The van der Waals surface area contributed by atoms with Crippen molar-refractivity contribution in [2.45, 2.75) is 24.7 Å². The molecule has 170 valence electrons. The number of piperidine rings is 1. The average molecular weight is 449 g/mol. The second-order valence-electron chi connectivity index (χ2n) is 7.96. The average Bonchev–Trinajstić information content (AvgIpc) is 3.17. The number of aromatic nitrogens is 2. The van der Waals surface area contributed by atoms with Gasteiger partial charge in [-0.2, -0.15) is 0 Å². The minimum atomic E-state index is -3.36. The van der Waals surface area contributed by atoms with Gasteiger partial charge in [-0.1, -0.05) is 18.2 Å². The van der Waals surface area contributed by atoms with E-state index in [4.69, 9.17) is 0 Å². The number of alkyl halides is 3. The Labute approximate surface area is 182 Å². The number of fused-ring (bicyclic) bond motifs is 1. The van der Waals surface area contributed by atoms with Gasteiger partial charge in [-0.25, -0.2) is 22.4 Å². The van der Waals surface area contributed by atoms with Crippen LogP contribution in [0.3, 0.4) is 0 Å². The number of aromatic amines is 1. The van der Waals surface area contributed by atoms with Gasteiger partial charge in [0.2, 0.25) is 0 Å². The predicted octanol–water partition coefficient (Wildman–Crippen LogP) is 5.13. The highest BCUT2D eigenvalue weighted by Gasteiger charge is 2.34. The third kappa shape index (κ3) is 5.01. The molecule has 2 aromatic heterocycles. The maximum atomic E-state index is 14.7. The van der Waals surface area contributed by atoms with Gasteiger partial charge in [0, 0.05) is 29.1 Å². The Morgan fingerprint density at radius 3 is 2.69 bits per heavy atom. The Morgan fingerprint density at radius 2 is 1.97 bits per heavy atom. The van der Waals surface area contributed by atoms with E-state index in [0.29, 0.717) is 31.6 Å². The summed E-state index contributed by atoms with van der Waals surface area (Å²) in [6.07, 6.45) is 3.93. The lowest BCUT2D eigenvalue weighted by molar-refractivity contribution is -0.0545. The van der Waals surface area contributed by atoms with Crippen molar-refractivity contribution in [1.29, 1.82) is 0 Å². The van der Waals surface area contributed by atoms with Crippen molar-refractivity contribution in [3.05, 3.63) is 54.2 Å². The van der Waals surface area contributed by atoms with Crippen molar-refractivity contribution in [1.82, 2.24) is 14.9 Å². The molecule has 3 heterocycles. The Bertz CT molecular complexity index is 1090. The van der Waals surface area contributed by atoms with Gasteiger partial charge in [-0.3, -0.25) is 9.88 Å². The lowest BCUT2D eigenvalue weighted by Gasteiger charge is -2.33. The summed E-state index contributed by atoms with van der Waals surface area (Å²) < 4.78 is 53.5. The van der Waals surface area contributed by atoms with Crippen LogP contribution in [0.4, 0.5) is 33.7 Å². The molecule has 1 fully saturated rings. The van der Waals surface area contributed by atoms with Gasteiger partial charge in [-0.15, -0.1) is 0 Å². The van der Waals surface area contributed by atoms with Crippen molar-refractivity contribution in [3.8, 4) is 0 Å². The zero-order valence-electron chi connectivity index (χ0n) is 17.2. The van der Waals surface area contributed by atoms with Crippen LogP contribution in [-0.4, -0.2) is 53.1 Å². The molecule has 1 saturated heterocycles. The molecule has 1 aliphatic heterocycles. The first-order chi connectivity index (χ1) is 15.3. The molecule has 4 rings (SSSR count). The predicted molar refractivity (Wildman–Crippen MR) is 114 cm³/mol. The van der Waals surface area contributed by atoms with Crippen LogP contribution in [0.1, 0.15) is 24.5 Å². The summed E-state index contributed by atoms with van der Waals surface area (Å²) in [5.41, 5.74) is 1.90. The molecular formula is C22H23F4N5O. The molecule has 3 N–H and O–H groups in total. The smallest absolute Gasteiger partial charge is 0.323 e. The summed E-state index contributed by atoms with van der Waals surface area (Å²) in [6, 6.07) is 8.14. The number of halogens is 4. The molecule has 1 aliphatic rings. The van der Waals surface area contributed by atoms with Crippen LogP contribution in [-0.2, 0) is 0 Å². The second kappa shape index (κ2) is 9.15. The fraction of sp³-hybridized carbons (Fsp3) is 0.364. The summed E-state index contributed by atoms with van der Waals surface area (Å²) in [5, 5.41) is 6.12. The zero-order chi connectivity index (χ0) is 22.7. The van der Waals surface area contributed by atoms with Crippen LogP contribution in [0, 0.1) is 5.82 Å². The lowest BCUT2D eigenvalue weighted by Crippen LogP contribution is -2.42. The first kappa shape index (κ1) is 22.1. The van der Waals surface area contributed by atoms with E-state index in [0.717, 1.165) is 10.9 Å². The van der Waals surface area contributed by atoms with E-state index in [9.17, 15) is 22.4 Å². The number of para-hydroxylation sites is 1. The number of likely N-dealkylation sites (tertiary alicyclic amines) is 1. The largest absolute Gasteiger partial charge is 0.359 e. The summed E-state index contributed by atoms with van der Waals surface area (Å²) >= 11 is 0. The fourth-order valence-corrected chi connectivity index (χ4v) is 4.01. The molecule has 0 radical (unpaired) electrons. The second-order valence-corrected chi connectivity index (χ2v) is 7.96. The van der Waals surface area contributed by atoms with E-state index in [1.807, 2.05) is 24.3 Å². The van der Waals surface area contributed by atoms with E-state index >= 15 is 0 Å². The number of H-pyrrole nitrogens is 1. The third-order valence-corrected chi connectivity index (χ3v) is 5.59. The minimum absolute atomic E-state index is 0.198. The molecule has 0 spiro atoms. The zero-order valence-corrected chi connectivity index (χ0v) is 17.2. The van der Waals surface area contributed by atoms with Crippen LogP contribution in [0.25, 0.3) is 10.9 Å². The maximum Gasteiger partial charge on any atom is 0.323 e. The number of carbonyl (C=O) groups is 1. The summed E-state index contributed by atoms with van der Waals surface area (Å²) in [7, 11) is 0. The highest BCUT2D eigenvalue weighted by atomic mass is 19.3. The number of carbonyl (C=O) groups excluding carboxylic acids is 1. The highest BCUT2D eigenvalue weighted by Crippen LogP contribution is 2.31. The van der Waals surface area contributed by atoms with Gasteiger partial charge < -0.3 is 15.6 Å². The number of hydrogen-bond donors (Lipinski definition) is 3. The van der Waals surface area contributed by atoms with E-state index < -0.39 is 31.0 Å². The van der Waals surface area contributed by atoms with Crippen molar-refractivity contribution in [2.24, 2.45) is 0 Å². The molecule has 0 unspecified atom stereocenters. The number of nitrogens with one attached hydrogen (secondary N) is 3. The number of benzene rings is 1. The van der Waals surface area contributed by atoms with Gasteiger partial charge in [0.25, 0.3) is 5.92 Å². The molecule has 3 aromatic rings. The van der Waals surface area contributed by atoms with Gasteiger partial charge in [0.15, 0.2) is 6.67 Å². The first-order valence-electron chi connectivity index (χ1n) is 10.3. The molecule has 2 amide bonds. The minimum Gasteiger partial charge on any atom is -0.359 e. The van der Waals surface area contributed by atoms with E-state index in [-0.39, 0.29) is 17.3 Å². The Hall–Kier alpha value is -3.14. The maximum absolute atomic E-state index is 14.7. The normalized spacial score (nSPS) is 15.8. The molecule has 32 heavy (non-hydrogen) atoms.